The van der Waals surface area contributed by atoms with E-state index in [-0.39, 0.29) is 0 Å². The molecule has 14 heavy (non-hydrogen) atoms. The third-order valence-corrected chi connectivity index (χ3v) is 2.99. The molecule has 0 heterocycles. The van der Waals surface area contributed by atoms with Gasteiger partial charge in [-0.1, -0.05) is 32.4 Å². The number of hydrogen-bond acceptors (Lipinski definition) is 2. The highest BCUT2D eigenvalue weighted by molar-refractivity contribution is 5.06. The molecule has 0 aliphatic heterocycles. The van der Waals surface area contributed by atoms with Crippen molar-refractivity contribution in [2.45, 2.75) is 51.6 Å². The normalized spacial score (nSPS) is 28.2. The third-order valence-electron chi connectivity index (χ3n) is 2.99. The fourth-order valence-corrected chi connectivity index (χ4v) is 2.09. The van der Waals surface area contributed by atoms with E-state index in [2.05, 4.69) is 31.3 Å². The Balaban J connectivity index is 2.27. The predicted molar refractivity (Wildman–Crippen MR) is 60.2 cm³/mol. The van der Waals surface area contributed by atoms with Crippen LogP contribution in [0.3, 0.4) is 0 Å². The summed E-state index contributed by atoms with van der Waals surface area (Å²) >= 11 is 0. The molecule has 2 N–H and O–H groups in total. The number of nitrogens with one attached hydrogen (secondary N) is 1. The van der Waals surface area contributed by atoms with Crippen molar-refractivity contribution in [3.05, 3.63) is 12.2 Å². The molecule has 0 saturated carbocycles. The van der Waals surface area contributed by atoms with Gasteiger partial charge in [-0.3, -0.25) is 0 Å². The Kier molecular flexibility index (Phi) is 5.20. The Morgan fingerprint density at radius 2 is 2.21 bits per heavy atom. The Hall–Kier alpha value is -0.340. The van der Waals surface area contributed by atoms with Crippen LogP contribution in [0.25, 0.3) is 0 Å². The van der Waals surface area contributed by atoms with Gasteiger partial charge in [0, 0.05) is 24.6 Å². The summed E-state index contributed by atoms with van der Waals surface area (Å²) in [4.78, 5) is 0. The van der Waals surface area contributed by atoms with Gasteiger partial charge in [0.2, 0.25) is 0 Å². The second kappa shape index (κ2) is 6.20. The lowest BCUT2D eigenvalue weighted by molar-refractivity contribution is 0.244. The maximum atomic E-state index is 9.00. The van der Waals surface area contributed by atoms with E-state index in [0.29, 0.717) is 24.6 Å². The minimum atomic E-state index is 0.291. The van der Waals surface area contributed by atoms with Crippen LogP contribution in [0, 0.1) is 5.92 Å². The molecule has 0 bridgehead atoms. The topological polar surface area (TPSA) is 32.3 Å². The fraction of sp³-hybridized carbons (Fsp3) is 0.833. The first kappa shape index (κ1) is 11.7. The van der Waals surface area contributed by atoms with Crippen LogP contribution in [0.2, 0.25) is 0 Å². The summed E-state index contributed by atoms with van der Waals surface area (Å²) in [6.45, 7) is 4.75. The van der Waals surface area contributed by atoms with Crippen molar-refractivity contribution in [1.29, 1.82) is 0 Å². The number of aliphatic hydroxyl groups is 1. The van der Waals surface area contributed by atoms with E-state index in [1.807, 2.05) is 0 Å². The monoisotopic (exact) mass is 197 g/mol. The summed E-state index contributed by atoms with van der Waals surface area (Å²) in [6.07, 6.45) is 9.10. The molecule has 0 saturated heterocycles. The van der Waals surface area contributed by atoms with Gasteiger partial charge < -0.3 is 10.4 Å². The van der Waals surface area contributed by atoms with E-state index < -0.39 is 0 Å². The standard InChI is InChI=1S/C12H23NO/c1-3-5-11(4-2)13-12-7-6-10(8-12)9-14/h6-7,10-14H,3-5,8-9H2,1-2H3/t10-,11?,12+/m0/s1. The van der Waals surface area contributed by atoms with E-state index >= 15 is 0 Å². The molecule has 2 heteroatoms. The smallest absolute Gasteiger partial charge is 0.0494 e. The van der Waals surface area contributed by atoms with Crippen molar-refractivity contribution in [3.63, 3.8) is 0 Å². The van der Waals surface area contributed by atoms with E-state index in [1.54, 1.807) is 0 Å². The first-order chi connectivity index (χ1) is 6.80. The van der Waals surface area contributed by atoms with Gasteiger partial charge in [0.25, 0.3) is 0 Å². The molecule has 1 rings (SSSR count). The van der Waals surface area contributed by atoms with Crippen molar-refractivity contribution in [2.24, 2.45) is 5.92 Å². The van der Waals surface area contributed by atoms with Gasteiger partial charge in [-0.2, -0.15) is 0 Å². The largest absolute Gasteiger partial charge is 0.396 e. The van der Waals surface area contributed by atoms with Crippen molar-refractivity contribution >= 4 is 0 Å². The summed E-state index contributed by atoms with van der Waals surface area (Å²) in [6, 6.07) is 1.13. The van der Waals surface area contributed by atoms with Crippen LogP contribution in [-0.2, 0) is 0 Å². The van der Waals surface area contributed by atoms with Gasteiger partial charge in [-0.15, -0.1) is 0 Å². The summed E-state index contributed by atoms with van der Waals surface area (Å²) in [5.41, 5.74) is 0. The minimum Gasteiger partial charge on any atom is -0.396 e. The van der Waals surface area contributed by atoms with Crippen LogP contribution >= 0.6 is 0 Å². The highest BCUT2D eigenvalue weighted by Gasteiger charge is 2.19. The van der Waals surface area contributed by atoms with Crippen LogP contribution < -0.4 is 5.32 Å². The van der Waals surface area contributed by atoms with Crippen molar-refractivity contribution in [2.75, 3.05) is 6.61 Å². The SMILES string of the molecule is CCCC(CC)N[C@@H]1C=C[C@H](CO)C1. The Morgan fingerprint density at radius 3 is 2.71 bits per heavy atom. The average molecular weight is 197 g/mol. The zero-order valence-electron chi connectivity index (χ0n) is 9.37. The lowest BCUT2D eigenvalue weighted by Crippen LogP contribution is -2.36. The molecule has 0 amide bonds. The third kappa shape index (κ3) is 3.43. The number of aliphatic hydroxyl groups excluding tert-OH is 1. The van der Waals surface area contributed by atoms with Crippen LogP contribution in [0.1, 0.15) is 39.5 Å². The predicted octanol–water partition coefficient (Wildman–Crippen LogP) is 2.09. The molecule has 1 aliphatic rings. The van der Waals surface area contributed by atoms with Crippen LogP contribution in [0.5, 0.6) is 0 Å². The first-order valence-corrected chi connectivity index (χ1v) is 5.85. The maximum Gasteiger partial charge on any atom is 0.0494 e. The number of hydrogen-bond donors (Lipinski definition) is 2. The molecule has 0 fully saturated rings. The van der Waals surface area contributed by atoms with Gasteiger partial charge in [-0.05, 0) is 19.3 Å². The quantitative estimate of drug-likeness (QED) is 0.639. The highest BCUT2D eigenvalue weighted by Crippen LogP contribution is 2.18. The summed E-state index contributed by atoms with van der Waals surface area (Å²) in [5.74, 6) is 0.381. The van der Waals surface area contributed by atoms with E-state index in [1.165, 1.54) is 19.3 Å². The lowest BCUT2D eigenvalue weighted by Gasteiger charge is -2.21. The summed E-state index contributed by atoms with van der Waals surface area (Å²) < 4.78 is 0. The van der Waals surface area contributed by atoms with Gasteiger partial charge in [0.05, 0.1) is 0 Å². The van der Waals surface area contributed by atoms with Crippen molar-refractivity contribution in [1.82, 2.24) is 5.32 Å². The van der Waals surface area contributed by atoms with Crippen LogP contribution in [0.15, 0.2) is 12.2 Å². The van der Waals surface area contributed by atoms with Crippen molar-refractivity contribution in [3.8, 4) is 0 Å². The molecule has 3 atom stereocenters. The molecule has 0 aromatic rings. The second-order valence-electron chi connectivity index (χ2n) is 4.23. The number of rotatable bonds is 6. The molecular formula is C12H23NO. The van der Waals surface area contributed by atoms with E-state index in [4.69, 9.17) is 5.11 Å². The zero-order valence-corrected chi connectivity index (χ0v) is 9.37. The van der Waals surface area contributed by atoms with E-state index in [9.17, 15) is 0 Å². The minimum absolute atomic E-state index is 0.291. The molecular weight excluding hydrogens is 174 g/mol. The molecule has 0 radical (unpaired) electrons. The summed E-state index contributed by atoms with van der Waals surface area (Å²) in [7, 11) is 0. The second-order valence-corrected chi connectivity index (χ2v) is 4.23. The Labute approximate surface area is 87.4 Å². The van der Waals surface area contributed by atoms with Crippen LogP contribution in [-0.4, -0.2) is 23.8 Å². The van der Waals surface area contributed by atoms with E-state index in [0.717, 1.165) is 6.42 Å². The highest BCUT2D eigenvalue weighted by atomic mass is 16.3. The van der Waals surface area contributed by atoms with Gasteiger partial charge in [0.1, 0.15) is 0 Å². The zero-order chi connectivity index (χ0) is 10.4. The summed E-state index contributed by atoms with van der Waals surface area (Å²) in [5, 5.41) is 12.6. The lowest BCUT2D eigenvalue weighted by atomic mass is 10.1. The molecule has 0 aromatic carbocycles. The van der Waals surface area contributed by atoms with Crippen LogP contribution in [0.4, 0.5) is 0 Å². The van der Waals surface area contributed by atoms with Gasteiger partial charge in [0.15, 0.2) is 0 Å². The molecule has 0 spiro atoms. The first-order valence-electron chi connectivity index (χ1n) is 5.85. The maximum absolute atomic E-state index is 9.00. The Morgan fingerprint density at radius 1 is 1.43 bits per heavy atom. The van der Waals surface area contributed by atoms with Gasteiger partial charge >= 0.3 is 0 Å². The van der Waals surface area contributed by atoms with Crippen molar-refractivity contribution < 1.29 is 5.11 Å². The molecule has 0 aromatic heterocycles. The fourth-order valence-electron chi connectivity index (χ4n) is 2.09. The van der Waals surface area contributed by atoms with Gasteiger partial charge in [-0.25, -0.2) is 0 Å². The molecule has 1 aliphatic carbocycles. The molecule has 82 valence electrons. The molecule has 2 nitrogen and oxygen atoms in total. The average Bonchev–Trinajstić information content (AvgIpc) is 2.65. The molecule has 1 unspecified atom stereocenters. The Bertz CT molecular complexity index is 179.